The Morgan fingerprint density at radius 3 is 2.33 bits per heavy atom. The molecule has 0 aliphatic heterocycles. The lowest BCUT2D eigenvalue weighted by Gasteiger charge is -2.09. The van der Waals surface area contributed by atoms with E-state index in [-0.39, 0.29) is 11.5 Å². The van der Waals surface area contributed by atoms with E-state index in [2.05, 4.69) is 0 Å². The molecular formula is C21H14F5NO2S. The zero-order valence-electron chi connectivity index (χ0n) is 15.3. The van der Waals surface area contributed by atoms with Crippen LogP contribution >= 0.6 is 11.3 Å². The van der Waals surface area contributed by atoms with E-state index in [4.69, 9.17) is 4.74 Å². The van der Waals surface area contributed by atoms with Gasteiger partial charge in [-0.15, -0.1) is 11.3 Å². The zero-order chi connectivity index (χ0) is 21.4. The summed E-state index contributed by atoms with van der Waals surface area (Å²) in [4.78, 5) is 12.3. The summed E-state index contributed by atoms with van der Waals surface area (Å²) < 4.78 is 72.9. The molecule has 30 heavy (non-hydrogen) atoms. The normalized spacial score (nSPS) is 12.7. The van der Waals surface area contributed by atoms with Crippen LogP contribution in [0, 0.1) is 29.1 Å². The van der Waals surface area contributed by atoms with Crippen LogP contribution in [0.1, 0.15) is 32.8 Å². The molecule has 0 saturated carbocycles. The van der Waals surface area contributed by atoms with Crippen LogP contribution in [0.25, 0.3) is 0 Å². The number of rotatable bonds is 5. The van der Waals surface area contributed by atoms with Gasteiger partial charge in [-0.2, -0.15) is 0 Å². The Labute approximate surface area is 172 Å². The van der Waals surface area contributed by atoms with E-state index in [1.54, 1.807) is 10.7 Å². The molecule has 3 aromatic rings. The van der Waals surface area contributed by atoms with Crippen molar-refractivity contribution in [3.8, 4) is 5.75 Å². The zero-order valence-corrected chi connectivity index (χ0v) is 16.1. The van der Waals surface area contributed by atoms with Gasteiger partial charge in [0.2, 0.25) is 5.82 Å². The molecule has 1 heterocycles. The van der Waals surface area contributed by atoms with Gasteiger partial charge in [0.05, 0.1) is 4.88 Å². The molecule has 0 fully saturated rings. The van der Waals surface area contributed by atoms with Gasteiger partial charge in [-0.05, 0) is 54.0 Å². The van der Waals surface area contributed by atoms with Crippen molar-refractivity contribution in [3.05, 3.63) is 80.3 Å². The molecule has 1 aliphatic carbocycles. The first kappa shape index (κ1) is 20.3. The van der Waals surface area contributed by atoms with E-state index in [1.807, 2.05) is 18.2 Å². The summed E-state index contributed by atoms with van der Waals surface area (Å²) in [5, 5.41) is 3.36. The topological polar surface area (TPSA) is 38.3 Å². The summed E-state index contributed by atoms with van der Waals surface area (Å²) >= 11 is 0.957. The standard InChI is InChI=1S/C21H14F5NO2S/c22-15-16(23)18(25)20(19(26)17(15)24)27-21(28)14-6-10(9-30-14)8-29-13-5-4-11-2-1-3-12(11)7-13/h4-7,9H,1-3,8H2,(H,27,28). The number of fused-ring (bicyclic) bond motifs is 1. The van der Waals surface area contributed by atoms with Crippen LogP contribution in [0.3, 0.4) is 0 Å². The SMILES string of the molecule is O=C(Nc1c(F)c(F)c(F)c(F)c1F)c1cc(COc2ccc3c(c2)CCC3)cs1. The maximum absolute atomic E-state index is 13.7. The van der Waals surface area contributed by atoms with Gasteiger partial charge >= 0.3 is 0 Å². The number of halogens is 5. The van der Waals surface area contributed by atoms with Gasteiger partial charge in [-0.25, -0.2) is 22.0 Å². The minimum atomic E-state index is -2.29. The Morgan fingerprint density at radius 2 is 1.60 bits per heavy atom. The minimum Gasteiger partial charge on any atom is -0.489 e. The van der Waals surface area contributed by atoms with Crippen molar-refractivity contribution in [1.29, 1.82) is 0 Å². The number of anilines is 1. The first-order valence-corrected chi connectivity index (χ1v) is 9.88. The number of carbonyl (C=O) groups excluding carboxylic acids is 1. The minimum absolute atomic E-state index is 0.0338. The quantitative estimate of drug-likeness (QED) is 0.312. The van der Waals surface area contributed by atoms with E-state index in [1.165, 1.54) is 17.2 Å². The van der Waals surface area contributed by atoms with Crippen LogP contribution in [0.4, 0.5) is 27.6 Å². The molecule has 0 unspecified atom stereocenters. The summed E-state index contributed by atoms with van der Waals surface area (Å²) in [6.07, 6.45) is 3.18. The molecule has 2 aromatic carbocycles. The Balaban J connectivity index is 1.45. The predicted molar refractivity (Wildman–Crippen MR) is 101 cm³/mol. The Bertz CT molecular complexity index is 1120. The fourth-order valence-corrected chi connectivity index (χ4v) is 4.06. The highest BCUT2D eigenvalue weighted by Crippen LogP contribution is 2.29. The fourth-order valence-electron chi connectivity index (χ4n) is 3.26. The van der Waals surface area contributed by atoms with Crippen molar-refractivity contribution in [2.75, 3.05) is 5.32 Å². The number of aryl methyl sites for hydroxylation is 2. The molecule has 9 heteroatoms. The lowest BCUT2D eigenvalue weighted by molar-refractivity contribution is 0.102. The first-order valence-electron chi connectivity index (χ1n) is 9.00. The highest BCUT2D eigenvalue weighted by molar-refractivity contribution is 7.12. The molecule has 0 radical (unpaired) electrons. The number of thiophene rings is 1. The molecule has 1 amide bonds. The maximum atomic E-state index is 13.7. The number of nitrogens with one attached hydrogen (secondary N) is 1. The summed E-state index contributed by atoms with van der Waals surface area (Å²) in [7, 11) is 0. The number of amides is 1. The Kier molecular flexibility index (Phi) is 5.46. The lowest BCUT2D eigenvalue weighted by atomic mass is 10.1. The summed E-state index contributed by atoms with van der Waals surface area (Å²) in [5.41, 5.74) is 1.80. The lowest BCUT2D eigenvalue weighted by Crippen LogP contribution is -2.16. The van der Waals surface area contributed by atoms with Gasteiger partial charge in [0.1, 0.15) is 18.0 Å². The largest absolute Gasteiger partial charge is 0.489 e. The third kappa shape index (κ3) is 3.77. The molecule has 0 bridgehead atoms. The van der Waals surface area contributed by atoms with Crippen molar-refractivity contribution in [3.63, 3.8) is 0 Å². The van der Waals surface area contributed by atoms with Gasteiger partial charge in [0, 0.05) is 5.56 Å². The molecule has 156 valence electrons. The van der Waals surface area contributed by atoms with Crippen molar-refractivity contribution >= 4 is 22.9 Å². The average molecular weight is 439 g/mol. The van der Waals surface area contributed by atoms with Crippen LogP contribution in [-0.2, 0) is 19.4 Å². The smallest absolute Gasteiger partial charge is 0.265 e. The molecular weight excluding hydrogens is 425 g/mol. The molecule has 1 aromatic heterocycles. The molecule has 4 rings (SSSR count). The van der Waals surface area contributed by atoms with Gasteiger partial charge in [0.25, 0.3) is 5.91 Å². The number of hydrogen-bond acceptors (Lipinski definition) is 3. The first-order chi connectivity index (χ1) is 14.3. The molecule has 0 atom stereocenters. The molecule has 1 aliphatic rings. The monoisotopic (exact) mass is 439 g/mol. The number of benzene rings is 2. The Hall–Kier alpha value is -2.94. The highest BCUT2D eigenvalue weighted by atomic mass is 32.1. The van der Waals surface area contributed by atoms with E-state index in [9.17, 15) is 26.7 Å². The van der Waals surface area contributed by atoms with Crippen LogP contribution < -0.4 is 10.1 Å². The van der Waals surface area contributed by atoms with Crippen LogP contribution in [0.2, 0.25) is 0 Å². The van der Waals surface area contributed by atoms with Gasteiger partial charge in [-0.1, -0.05) is 6.07 Å². The van der Waals surface area contributed by atoms with E-state index in [0.717, 1.165) is 30.6 Å². The third-order valence-corrected chi connectivity index (χ3v) is 5.78. The van der Waals surface area contributed by atoms with Crippen molar-refractivity contribution in [2.45, 2.75) is 25.9 Å². The van der Waals surface area contributed by atoms with Crippen LogP contribution in [-0.4, -0.2) is 5.91 Å². The molecule has 3 nitrogen and oxygen atoms in total. The van der Waals surface area contributed by atoms with Crippen LogP contribution in [0.15, 0.2) is 29.6 Å². The van der Waals surface area contributed by atoms with Crippen molar-refractivity contribution < 1.29 is 31.5 Å². The maximum Gasteiger partial charge on any atom is 0.265 e. The fraction of sp³-hybridized carbons (Fsp3) is 0.190. The molecule has 0 spiro atoms. The van der Waals surface area contributed by atoms with Gasteiger partial charge < -0.3 is 10.1 Å². The van der Waals surface area contributed by atoms with E-state index < -0.39 is 40.7 Å². The molecule has 0 saturated heterocycles. The number of hydrogen-bond donors (Lipinski definition) is 1. The molecule has 1 N–H and O–H groups in total. The van der Waals surface area contributed by atoms with Gasteiger partial charge in [-0.3, -0.25) is 4.79 Å². The second-order valence-electron chi connectivity index (χ2n) is 6.79. The highest BCUT2D eigenvalue weighted by Gasteiger charge is 2.27. The number of carbonyl (C=O) groups is 1. The van der Waals surface area contributed by atoms with E-state index >= 15 is 0 Å². The summed E-state index contributed by atoms with van der Waals surface area (Å²) in [6.45, 7) is 0.158. The van der Waals surface area contributed by atoms with Crippen molar-refractivity contribution in [1.82, 2.24) is 0 Å². The Morgan fingerprint density at radius 1 is 0.933 bits per heavy atom. The second kappa shape index (κ2) is 8.06. The van der Waals surface area contributed by atoms with Crippen LogP contribution in [0.5, 0.6) is 5.75 Å². The van der Waals surface area contributed by atoms with E-state index in [0.29, 0.717) is 11.3 Å². The summed E-state index contributed by atoms with van der Waals surface area (Å²) in [5.74, 6) is -11.0. The van der Waals surface area contributed by atoms with Crippen molar-refractivity contribution in [2.24, 2.45) is 0 Å². The predicted octanol–water partition coefficient (Wildman–Crippen LogP) is 5.76. The second-order valence-corrected chi connectivity index (χ2v) is 7.70. The summed E-state index contributed by atoms with van der Waals surface area (Å²) in [6, 6.07) is 7.30. The average Bonchev–Trinajstić information content (AvgIpc) is 3.41. The van der Waals surface area contributed by atoms with Gasteiger partial charge in [0.15, 0.2) is 23.3 Å². The number of ether oxygens (including phenoxy) is 1. The third-order valence-electron chi connectivity index (χ3n) is 4.80.